The molecule has 0 atom stereocenters. The monoisotopic (exact) mass is 296 g/mol. The average Bonchev–Trinajstić information content (AvgIpc) is 3.23. The first-order chi connectivity index (χ1) is 10.0. The number of ether oxygens (including phenoxy) is 1. The zero-order chi connectivity index (χ0) is 15.0. The van der Waals surface area contributed by atoms with Gasteiger partial charge in [0.15, 0.2) is 0 Å². The van der Waals surface area contributed by atoms with Crippen LogP contribution in [0, 0.1) is 0 Å². The molecule has 2 fully saturated rings. The summed E-state index contributed by atoms with van der Waals surface area (Å²) in [5.74, 6) is -0.174. The highest BCUT2D eigenvalue weighted by molar-refractivity contribution is 6.02. The predicted molar refractivity (Wildman–Crippen MR) is 68.7 cm³/mol. The van der Waals surface area contributed by atoms with E-state index >= 15 is 0 Å². The molecule has 0 spiro atoms. The molecule has 1 aromatic carbocycles. The van der Waals surface area contributed by atoms with Crippen LogP contribution < -0.4 is 4.74 Å². The number of imide groups is 1. The second-order valence-electron chi connectivity index (χ2n) is 5.14. The van der Waals surface area contributed by atoms with Gasteiger partial charge < -0.3 is 9.64 Å². The summed E-state index contributed by atoms with van der Waals surface area (Å²) in [6, 6.07) is 5.86. The summed E-state index contributed by atoms with van der Waals surface area (Å²) in [4.78, 5) is 26.8. The number of rotatable bonds is 5. The van der Waals surface area contributed by atoms with E-state index in [1.54, 1.807) is 17.0 Å². The fourth-order valence-electron chi connectivity index (χ4n) is 2.35. The molecule has 1 heterocycles. The van der Waals surface area contributed by atoms with Gasteiger partial charge in [0.25, 0.3) is 5.91 Å². The number of carbonyl (C=O) groups excluding carboxylic acids is 2. The van der Waals surface area contributed by atoms with E-state index in [4.69, 9.17) is 0 Å². The Hall–Kier alpha value is -2.18. The van der Waals surface area contributed by atoms with E-state index in [0.717, 1.165) is 12.8 Å². The van der Waals surface area contributed by atoms with Crippen LogP contribution in [0.15, 0.2) is 24.3 Å². The molecule has 1 aliphatic heterocycles. The minimum Gasteiger partial charge on any atom is -0.435 e. The lowest BCUT2D eigenvalue weighted by Crippen LogP contribution is -2.33. The van der Waals surface area contributed by atoms with Crippen LogP contribution in [0.2, 0.25) is 0 Å². The van der Waals surface area contributed by atoms with Gasteiger partial charge in [-0.1, -0.05) is 12.1 Å². The molecule has 1 saturated heterocycles. The summed E-state index contributed by atoms with van der Waals surface area (Å²) in [5.41, 5.74) is 0.691. The SMILES string of the molecule is O=C1CN(C2CC2)C(=O)N1Cc1ccc(OC(F)F)cc1. The summed E-state index contributed by atoms with van der Waals surface area (Å²) >= 11 is 0. The lowest BCUT2D eigenvalue weighted by Gasteiger charge is -2.16. The van der Waals surface area contributed by atoms with Crippen LogP contribution in [0.5, 0.6) is 5.75 Å². The maximum atomic E-state index is 12.1. The van der Waals surface area contributed by atoms with E-state index in [0.29, 0.717) is 5.56 Å². The Balaban J connectivity index is 1.65. The Bertz CT molecular complexity index is 558. The molecular weight excluding hydrogens is 282 g/mol. The average molecular weight is 296 g/mol. The van der Waals surface area contributed by atoms with Gasteiger partial charge in [-0.2, -0.15) is 8.78 Å². The van der Waals surface area contributed by atoms with Crippen molar-refractivity contribution in [2.24, 2.45) is 0 Å². The zero-order valence-corrected chi connectivity index (χ0v) is 11.2. The normalized spacial score (nSPS) is 18.8. The van der Waals surface area contributed by atoms with Crippen LogP contribution in [0.3, 0.4) is 0 Å². The molecule has 0 radical (unpaired) electrons. The van der Waals surface area contributed by atoms with E-state index in [2.05, 4.69) is 4.74 Å². The van der Waals surface area contributed by atoms with Gasteiger partial charge in [-0.3, -0.25) is 9.69 Å². The van der Waals surface area contributed by atoms with Crippen molar-refractivity contribution in [1.82, 2.24) is 9.80 Å². The topological polar surface area (TPSA) is 49.9 Å². The first-order valence-corrected chi connectivity index (χ1v) is 6.69. The lowest BCUT2D eigenvalue weighted by atomic mass is 10.2. The van der Waals surface area contributed by atoms with Crippen LogP contribution in [-0.2, 0) is 11.3 Å². The van der Waals surface area contributed by atoms with Crippen molar-refractivity contribution >= 4 is 11.9 Å². The third-order valence-electron chi connectivity index (χ3n) is 3.56. The van der Waals surface area contributed by atoms with Gasteiger partial charge in [0.05, 0.1) is 6.54 Å². The van der Waals surface area contributed by atoms with Gasteiger partial charge in [0, 0.05) is 6.04 Å². The van der Waals surface area contributed by atoms with Gasteiger partial charge in [0.1, 0.15) is 12.3 Å². The second kappa shape index (κ2) is 5.31. The summed E-state index contributed by atoms with van der Waals surface area (Å²) in [5, 5.41) is 0. The van der Waals surface area contributed by atoms with Crippen molar-refractivity contribution in [2.45, 2.75) is 32.0 Å². The fraction of sp³-hybridized carbons (Fsp3) is 0.429. The fourth-order valence-corrected chi connectivity index (χ4v) is 2.35. The van der Waals surface area contributed by atoms with Gasteiger partial charge in [-0.25, -0.2) is 4.79 Å². The van der Waals surface area contributed by atoms with Crippen LogP contribution >= 0.6 is 0 Å². The summed E-state index contributed by atoms with van der Waals surface area (Å²) < 4.78 is 28.4. The quantitative estimate of drug-likeness (QED) is 0.783. The van der Waals surface area contributed by atoms with Crippen LogP contribution in [0.1, 0.15) is 18.4 Å². The van der Waals surface area contributed by atoms with Gasteiger partial charge in [-0.15, -0.1) is 0 Å². The summed E-state index contributed by atoms with van der Waals surface area (Å²) in [6.45, 7) is -2.59. The van der Waals surface area contributed by atoms with Crippen LogP contribution in [0.25, 0.3) is 0 Å². The van der Waals surface area contributed by atoms with Crippen molar-refractivity contribution < 1.29 is 23.1 Å². The van der Waals surface area contributed by atoms with E-state index in [9.17, 15) is 18.4 Å². The Morgan fingerprint density at radius 2 is 1.86 bits per heavy atom. The van der Waals surface area contributed by atoms with Crippen molar-refractivity contribution in [3.05, 3.63) is 29.8 Å². The molecule has 21 heavy (non-hydrogen) atoms. The Labute approximate surface area is 120 Å². The number of amides is 3. The number of halogens is 2. The Morgan fingerprint density at radius 3 is 2.43 bits per heavy atom. The summed E-state index contributed by atoms with van der Waals surface area (Å²) in [7, 11) is 0. The third kappa shape index (κ3) is 2.96. The molecular formula is C14H14F2N2O3. The number of nitrogens with zero attached hydrogens (tertiary/aromatic N) is 2. The molecule has 0 unspecified atom stereocenters. The first-order valence-electron chi connectivity index (χ1n) is 6.69. The summed E-state index contributed by atoms with van der Waals surface area (Å²) in [6.07, 6.45) is 1.90. The molecule has 1 aliphatic carbocycles. The molecule has 0 aromatic heterocycles. The highest BCUT2D eigenvalue weighted by atomic mass is 19.3. The van der Waals surface area contributed by atoms with Gasteiger partial charge in [0.2, 0.25) is 0 Å². The largest absolute Gasteiger partial charge is 0.435 e. The number of hydrogen-bond donors (Lipinski definition) is 0. The molecule has 1 aromatic rings. The molecule has 3 rings (SSSR count). The minimum absolute atomic E-state index is 0.0485. The molecule has 3 amide bonds. The van der Waals surface area contributed by atoms with E-state index in [1.807, 2.05) is 0 Å². The molecule has 2 aliphatic rings. The van der Waals surface area contributed by atoms with Crippen LogP contribution in [0.4, 0.5) is 13.6 Å². The van der Waals surface area contributed by atoms with Crippen molar-refractivity contribution in [3.63, 3.8) is 0 Å². The number of benzene rings is 1. The van der Waals surface area contributed by atoms with Crippen molar-refractivity contribution in [3.8, 4) is 5.75 Å². The first kappa shape index (κ1) is 13.8. The number of carbonyl (C=O) groups is 2. The van der Waals surface area contributed by atoms with Crippen molar-refractivity contribution in [1.29, 1.82) is 0 Å². The third-order valence-corrected chi connectivity index (χ3v) is 3.56. The molecule has 112 valence electrons. The molecule has 0 N–H and O–H groups in total. The number of alkyl halides is 2. The van der Waals surface area contributed by atoms with E-state index in [-0.39, 0.29) is 36.8 Å². The molecule has 5 nitrogen and oxygen atoms in total. The van der Waals surface area contributed by atoms with Crippen LogP contribution in [-0.4, -0.2) is 40.9 Å². The zero-order valence-electron chi connectivity index (χ0n) is 11.2. The lowest BCUT2D eigenvalue weighted by molar-refractivity contribution is -0.125. The molecule has 0 bridgehead atoms. The highest BCUT2D eigenvalue weighted by Crippen LogP contribution is 2.30. The highest BCUT2D eigenvalue weighted by Gasteiger charge is 2.43. The second-order valence-corrected chi connectivity index (χ2v) is 5.14. The van der Waals surface area contributed by atoms with E-state index in [1.165, 1.54) is 17.0 Å². The minimum atomic E-state index is -2.87. The van der Waals surface area contributed by atoms with Gasteiger partial charge in [-0.05, 0) is 30.5 Å². The predicted octanol–water partition coefficient (Wildman–Crippen LogP) is 2.21. The Kier molecular flexibility index (Phi) is 3.48. The number of hydrogen-bond acceptors (Lipinski definition) is 3. The standard InChI is InChI=1S/C14H14F2N2O3/c15-13(16)21-11-5-1-9(2-6-11)7-18-12(19)8-17(14(18)20)10-3-4-10/h1-2,5-6,10,13H,3-4,7-8H2. The smallest absolute Gasteiger partial charge is 0.387 e. The number of urea groups is 1. The molecule has 1 saturated carbocycles. The van der Waals surface area contributed by atoms with E-state index < -0.39 is 6.61 Å². The Morgan fingerprint density at radius 1 is 1.19 bits per heavy atom. The van der Waals surface area contributed by atoms with Gasteiger partial charge >= 0.3 is 12.6 Å². The van der Waals surface area contributed by atoms with Crippen molar-refractivity contribution in [2.75, 3.05) is 6.54 Å². The maximum absolute atomic E-state index is 12.1. The maximum Gasteiger partial charge on any atom is 0.387 e. The molecule has 7 heteroatoms.